The first-order valence-corrected chi connectivity index (χ1v) is 5.69. The molecule has 2 aromatic rings. The van der Waals surface area contributed by atoms with Crippen molar-refractivity contribution in [2.75, 3.05) is 6.54 Å². The molecule has 1 heterocycles. The van der Waals surface area contributed by atoms with Crippen LogP contribution < -0.4 is 5.73 Å². The first-order valence-electron chi connectivity index (χ1n) is 5.69. The second kappa shape index (κ2) is 5.23. The van der Waals surface area contributed by atoms with E-state index >= 15 is 0 Å². The van der Waals surface area contributed by atoms with Crippen LogP contribution in [0.4, 0.5) is 8.78 Å². The number of pyridine rings is 1. The third-order valence-corrected chi connectivity index (χ3v) is 2.86. The molecule has 0 aliphatic carbocycles. The van der Waals surface area contributed by atoms with Gasteiger partial charge in [0.25, 0.3) is 0 Å². The summed E-state index contributed by atoms with van der Waals surface area (Å²) in [4.78, 5) is 4.25. The van der Waals surface area contributed by atoms with Gasteiger partial charge < -0.3 is 5.73 Å². The van der Waals surface area contributed by atoms with Crippen LogP contribution in [0, 0.1) is 18.6 Å². The lowest BCUT2D eigenvalue weighted by molar-refractivity contribution is 0.563. The Balaban J connectivity index is 2.41. The number of aryl methyl sites for hydroxylation is 1. The Bertz CT molecular complexity index is 538. The fourth-order valence-electron chi connectivity index (χ4n) is 1.88. The number of aromatic nitrogens is 1. The van der Waals surface area contributed by atoms with Gasteiger partial charge in [0.15, 0.2) is 0 Å². The Morgan fingerprint density at radius 3 is 2.56 bits per heavy atom. The highest BCUT2D eigenvalue weighted by Gasteiger charge is 2.18. The summed E-state index contributed by atoms with van der Waals surface area (Å²) in [7, 11) is 0. The quantitative estimate of drug-likeness (QED) is 0.907. The van der Waals surface area contributed by atoms with E-state index in [2.05, 4.69) is 4.98 Å². The van der Waals surface area contributed by atoms with E-state index in [4.69, 9.17) is 5.73 Å². The molecule has 0 fully saturated rings. The fourth-order valence-corrected chi connectivity index (χ4v) is 1.88. The van der Waals surface area contributed by atoms with Crippen molar-refractivity contribution in [3.63, 3.8) is 0 Å². The molecule has 0 aliphatic heterocycles. The summed E-state index contributed by atoms with van der Waals surface area (Å²) >= 11 is 0. The second-order valence-electron chi connectivity index (χ2n) is 4.21. The number of nitrogens with two attached hydrogens (primary N) is 1. The Hall–Kier alpha value is -1.81. The maximum absolute atomic E-state index is 13.7. The summed E-state index contributed by atoms with van der Waals surface area (Å²) in [5.41, 5.74) is 7.76. The SMILES string of the molecule is Cc1ccc([C@@H](CN)c2ccc(F)cc2F)nc1. The summed E-state index contributed by atoms with van der Waals surface area (Å²) in [5.74, 6) is -1.54. The number of hydrogen-bond donors (Lipinski definition) is 1. The van der Waals surface area contributed by atoms with Gasteiger partial charge >= 0.3 is 0 Å². The first-order chi connectivity index (χ1) is 8.61. The molecule has 0 bridgehead atoms. The summed E-state index contributed by atoms with van der Waals surface area (Å²) in [5, 5.41) is 0. The van der Waals surface area contributed by atoms with Crippen molar-refractivity contribution < 1.29 is 8.78 Å². The van der Waals surface area contributed by atoms with Crippen molar-refractivity contribution in [3.8, 4) is 0 Å². The van der Waals surface area contributed by atoms with Crippen molar-refractivity contribution in [1.29, 1.82) is 0 Å². The van der Waals surface area contributed by atoms with E-state index in [0.29, 0.717) is 11.3 Å². The average Bonchev–Trinajstić information content (AvgIpc) is 2.35. The van der Waals surface area contributed by atoms with Gasteiger partial charge in [-0.2, -0.15) is 0 Å². The molecule has 0 radical (unpaired) electrons. The number of nitrogens with zero attached hydrogens (tertiary/aromatic N) is 1. The second-order valence-corrected chi connectivity index (χ2v) is 4.21. The van der Waals surface area contributed by atoms with Crippen LogP contribution in [0.3, 0.4) is 0 Å². The van der Waals surface area contributed by atoms with E-state index in [9.17, 15) is 8.78 Å². The molecule has 0 saturated carbocycles. The Morgan fingerprint density at radius 2 is 2.00 bits per heavy atom. The van der Waals surface area contributed by atoms with Gasteiger partial charge in [0, 0.05) is 30.4 Å². The Morgan fingerprint density at radius 1 is 1.22 bits per heavy atom. The number of benzene rings is 1. The predicted octanol–water partition coefficient (Wildman–Crippen LogP) is 2.76. The summed E-state index contributed by atoms with van der Waals surface area (Å²) < 4.78 is 26.6. The van der Waals surface area contributed by atoms with Gasteiger partial charge in [-0.3, -0.25) is 4.98 Å². The van der Waals surface area contributed by atoms with Crippen molar-refractivity contribution in [2.45, 2.75) is 12.8 Å². The van der Waals surface area contributed by atoms with Gasteiger partial charge in [0.05, 0.1) is 0 Å². The molecule has 1 atom stereocenters. The van der Waals surface area contributed by atoms with Crippen LogP contribution in [0.25, 0.3) is 0 Å². The van der Waals surface area contributed by atoms with Gasteiger partial charge in [-0.1, -0.05) is 12.1 Å². The zero-order chi connectivity index (χ0) is 13.1. The molecule has 1 aromatic heterocycles. The van der Waals surface area contributed by atoms with E-state index in [-0.39, 0.29) is 12.5 Å². The van der Waals surface area contributed by atoms with Crippen LogP contribution in [0.5, 0.6) is 0 Å². The van der Waals surface area contributed by atoms with Gasteiger partial charge in [-0.15, -0.1) is 0 Å². The maximum atomic E-state index is 13.7. The van der Waals surface area contributed by atoms with E-state index < -0.39 is 11.6 Å². The highest BCUT2D eigenvalue weighted by atomic mass is 19.1. The molecule has 94 valence electrons. The molecular weight excluding hydrogens is 234 g/mol. The van der Waals surface area contributed by atoms with E-state index in [1.165, 1.54) is 12.1 Å². The number of halogens is 2. The molecule has 0 amide bonds. The van der Waals surface area contributed by atoms with Gasteiger partial charge in [-0.25, -0.2) is 8.78 Å². The van der Waals surface area contributed by atoms with Crippen LogP contribution in [0.2, 0.25) is 0 Å². The lowest BCUT2D eigenvalue weighted by Crippen LogP contribution is -2.16. The molecule has 0 saturated heterocycles. The predicted molar refractivity (Wildman–Crippen MR) is 66.2 cm³/mol. The fraction of sp³-hybridized carbons (Fsp3) is 0.214. The van der Waals surface area contributed by atoms with Crippen molar-refractivity contribution in [2.24, 2.45) is 5.73 Å². The largest absolute Gasteiger partial charge is 0.329 e. The van der Waals surface area contributed by atoms with Crippen LogP contribution in [0.1, 0.15) is 22.7 Å². The highest BCUT2D eigenvalue weighted by molar-refractivity contribution is 5.31. The standard InChI is InChI=1S/C14H14F2N2/c1-9-2-5-14(18-8-9)12(7-17)11-4-3-10(15)6-13(11)16/h2-6,8,12H,7,17H2,1H3/t12-/m0/s1. The Labute approximate surface area is 104 Å². The molecule has 0 unspecified atom stereocenters. The third kappa shape index (κ3) is 2.54. The summed E-state index contributed by atoms with van der Waals surface area (Å²) in [6.45, 7) is 2.14. The van der Waals surface area contributed by atoms with Crippen LogP contribution in [-0.4, -0.2) is 11.5 Å². The van der Waals surface area contributed by atoms with Crippen molar-refractivity contribution >= 4 is 0 Å². The maximum Gasteiger partial charge on any atom is 0.130 e. The van der Waals surface area contributed by atoms with E-state index in [0.717, 1.165) is 11.6 Å². The van der Waals surface area contributed by atoms with Crippen LogP contribution in [-0.2, 0) is 0 Å². The van der Waals surface area contributed by atoms with E-state index in [1.54, 1.807) is 6.20 Å². The average molecular weight is 248 g/mol. The van der Waals surface area contributed by atoms with Crippen LogP contribution >= 0.6 is 0 Å². The first kappa shape index (κ1) is 12.6. The molecule has 2 rings (SSSR count). The van der Waals surface area contributed by atoms with Crippen LogP contribution in [0.15, 0.2) is 36.5 Å². The molecule has 0 aliphatic rings. The highest BCUT2D eigenvalue weighted by Crippen LogP contribution is 2.25. The lowest BCUT2D eigenvalue weighted by Gasteiger charge is -2.15. The summed E-state index contributed by atoms with van der Waals surface area (Å²) in [6, 6.07) is 7.23. The zero-order valence-electron chi connectivity index (χ0n) is 10.0. The molecule has 2 nitrogen and oxygen atoms in total. The molecule has 18 heavy (non-hydrogen) atoms. The molecular formula is C14H14F2N2. The number of rotatable bonds is 3. The monoisotopic (exact) mass is 248 g/mol. The minimum atomic E-state index is -0.594. The normalized spacial score (nSPS) is 12.4. The zero-order valence-corrected chi connectivity index (χ0v) is 10.0. The van der Waals surface area contributed by atoms with Gasteiger partial charge in [0.2, 0.25) is 0 Å². The Kier molecular flexibility index (Phi) is 3.67. The van der Waals surface area contributed by atoms with Crippen molar-refractivity contribution in [3.05, 3.63) is 65.0 Å². The van der Waals surface area contributed by atoms with E-state index in [1.807, 2.05) is 19.1 Å². The third-order valence-electron chi connectivity index (χ3n) is 2.86. The smallest absolute Gasteiger partial charge is 0.130 e. The minimum absolute atomic E-state index is 0.221. The molecule has 4 heteroatoms. The molecule has 2 N–H and O–H groups in total. The summed E-state index contributed by atoms with van der Waals surface area (Å²) in [6.07, 6.45) is 1.71. The number of hydrogen-bond acceptors (Lipinski definition) is 2. The topological polar surface area (TPSA) is 38.9 Å². The minimum Gasteiger partial charge on any atom is -0.329 e. The van der Waals surface area contributed by atoms with Gasteiger partial charge in [0.1, 0.15) is 11.6 Å². The van der Waals surface area contributed by atoms with Gasteiger partial charge in [-0.05, 0) is 30.2 Å². The lowest BCUT2D eigenvalue weighted by atomic mass is 9.94. The molecule has 1 aromatic carbocycles. The van der Waals surface area contributed by atoms with Crippen molar-refractivity contribution in [1.82, 2.24) is 4.98 Å². The molecule has 0 spiro atoms.